The number of alkyl halides is 2. The predicted octanol–water partition coefficient (Wildman–Crippen LogP) is 2.94. The molecule has 1 atom stereocenters. The van der Waals surface area contributed by atoms with E-state index in [1.165, 1.54) is 0 Å². The van der Waals surface area contributed by atoms with E-state index in [-0.39, 0.29) is 12.7 Å². The van der Waals surface area contributed by atoms with Crippen molar-refractivity contribution in [2.24, 2.45) is 5.41 Å². The van der Waals surface area contributed by atoms with E-state index in [0.717, 1.165) is 0 Å². The normalized spacial score (nSPS) is 26.8. The highest BCUT2D eigenvalue weighted by atomic mass is 35.5. The third kappa shape index (κ3) is 1.71. The molecule has 3 rings (SSSR count). The first-order valence-electron chi connectivity index (χ1n) is 5.51. The van der Waals surface area contributed by atoms with Crippen molar-refractivity contribution in [2.75, 3.05) is 12.1 Å². The summed E-state index contributed by atoms with van der Waals surface area (Å²) in [7, 11) is 0. The Bertz CT molecular complexity index is 532. The Kier molecular flexibility index (Phi) is 2.44. The standard InChI is InChI=1S/C12H11Cl2NO3/c1-11(5-12(11,13)14)10(16)15-7-2-3-8-9(4-7)18-6-17-8/h2-4H,5-6H2,1H3,(H,15,16)/t11-/m0/s1. The zero-order valence-corrected chi connectivity index (χ0v) is 11.1. The maximum atomic E-state index is 12.1. The molecule has 2 aliphatic rings. The lowest BCUT2D eigenvalue weighted by molar-refractivity contribution is -0.120. The van der Waals surface area contributed by atoms with Crippen LogP contribution in [0.2, 0.25) is 0 Å². The van der Waals surface area contributed by atoms with Gasteiger partial charge in [-0.3, -0.25) is 4.79 Å². The van der Waals surface area contributed by atoms with Gasteiger partial charge in [-0.15, -0.1) is 23.2 Å². The van der Waals surface area contributed by atoms with E-state index in [1.807, 2.05) is 0 Å². The van der Waals surface area contributed by atoms with E-state index in [0.29, 0.717) is 23.6 Å². The molecule has 1 aliphatic heterocycles. The lowest BCUT2D eigenvalue weighted by Gasteiger charge is -2.12. The summed E-state index contributed by atoms with van der Waals surface area (Å²) in [4.78, 5) is 12.1. The molecule has 1 aliphatic carbocycles. The minimum Gasteiger partial charge on any atom is -0.454 e. The lowest BCUT2D eigenvalue weighted by atomic mass is 10.1. The fourth-order valence-corrected chi connectivity index (χ4v) is 2.60. The Morgan fingerprint density at radius 1 is 1.33 bits per heavy atom. The quantitative estimate of drug-likeness (QED) is 0.851. The van der Waals surface area contributed by atoms with E-state index in [4.69, 9.17) is 32.7 Å². The molecule has 0 radical (unpaired) electrons. The maximum absolute atomic E-state index is 12.1. The molecule has 0 saturated heterocycles. The van der Waals surface area contributed by atoms with Crippen molar-refractivity contribution in [1.82, 2.24) is 0 Å². The Hall–Kier alpha value is -1.13. The molecular weight excluding hydrogens is 277 g/mol. The van der Waals surface area contributed by atoms with Crippen LogP contribution in [0.3, 0.4) is 0 Å². The van der Waals surface area contributed by atoms with E-state index in [9.17, 15) is 4.79 Å². The second kappa shape index (κ2) is 3.68. The van der Waals surface area contributed by atoms with Crippen LogP contribution in [-0.4, -0.2) is 17.0 Å². The van der Waals surface area contributed by atoms with Gasteiger partial charge in [0, 0.05) is 11.8 Å². The van der Waals surface area contributed by atoms with Crippen LogP contribution >= 0.6 is 23.2 Å². The zero-order valence-electron chi connectivity index (χ0n) is 9.63. The second-order valence-electron chi connectivity index (χ2n) is 4.74. The van der Waals surface area contributed by atoms with Gasteiger partial charge in [0.05, 0.1) is 5.41 Å². The minimum absolute atomic E-state index is 0.189. The predicted molar refractivity (Wildman–Crippen MR) is 68.4 cm³/mol. The van der Waals surface area contributed by atoms with Crippen molar-refractivity contribution in [3.05, 3.63) is 18.2 Å². The number of rotatable bonds is 2. The molecule has 0 aromatic heterocycles. The largest absolute Gasteiger partial charge is 0.454 e. The highest BCUT2D eigenvalue weighted by Crippen LogP contribution is 2.64. The molecule has 1 fully saturated rings. The number of amides is 1. The molecule has 6 heteroatoms. The number of hydrogen-bond donors (Lipinski definition) is 1. The van der Waals surface area contributed by atoms with E-state index < -0.39 is 9.75 Å². The van der Waals surface area contributed by atoms with Crippen LogP contribution < -0.4 is 14.8 Å². The molecule has 1 aromatic rings. The second-order valence-corrected chi connectivity index (χ2v) is 6.22. The number of carbonyl (C=O) groups excluding carboxylic acids is 1. The highest BCUT2D eigenvalue weighted by molar-refractivity contribution is 6.53. The van der Waals surface area contributed by atoms with Gasteiger partial charge in [-0.1, -0.05) is 0 Å². The third-order valence-electron chi connectivity index (χ3n) is 3.39. The fourth-order valence-electron chi connectivity index (χ4n) is 1.89. The Balaban J connectivity index is 1.76. The first-order chi connectivity index (χ1) is 8.42. The maximum Gasteiger partial charge on any atom is 0.233 e. The number of fused-ring (bicyclic) bond motifs is 1. The highest BCUT2D eigenvalue weighted by Gasteiger charge is 2.67. The molecule has 0 unspecified atom stereocenters. The Morgan fingerprint density at radius 2 is 2.00 bits per heavy atom. The lowest BCUT2D eigenvalue weighted by Crippen LogP contribution is -2.25. The van der Waals surface area contributed by atoms with Gasteiger partial charge in [0.15, 0.2) is 11.5 Å². The molecule has 96 valence electrons. The van der Waals surface area contributed by atoms with Crippen molar-refractivity contribution < 1.29 is 14.3 Å². The van der Waals surface area contributed by atoms with Gasteiger partial charge in [0.2, 0.25) is 12.7 Å². The molecule has 0 bridgehead atoms. The molecule has 1 saturated carbocycles. The number of carbonyl (C=O) groups is 1. The molecule has 1 N–H and O–H groups in total. The van der Waals surface area contributed by atoms with Crippen molar-refractivity contribution in [3.8, 4) is 11.5 Å². The van der Waals surface area contributed by atoms with Crippen molar-refractivity contribution in [1.29, 1.82) is 0 Å². The Labute approximate surface area is 114 Å². The van der Waals surface area contributed by atoms with Crippen LogP contribution in [0, 0.1) is 5.41 Å². The van der Waals surface area contributed by atoms with E-state index >= 15 is 0 Å². The van der Waals surface area contributed by atoms with E-state index in [1.54, 1.807) is 25.1 Å². The minimum atomic E-state index is -0.965. The summed E-state index contributed by atoms with van der Waals surface area (Å²) in [6.45, 7) is 1.95. The van der Waals surface area contributed by atoms with Gasteiger partial charge in [-0.05, 0) is 25.5 Å². The van der Waals surface area contributed by atoms with Crippen LogP contribution in [-0.2, 0) is 4.79 Å². The first kappa shape index (κ1) is 11.9. The van der Waals surface area contributed by atoms with Gasteiger partial charge in [0.25, 0.3) is 0 Å². The Morgan fingerprint density at radius 3 is 2.67 bits per heavy atom. The average Bonchev–Trinajstić information content (AvgIpc) is 2.68. The molecule has 1 aromatic carbocycles. The van der Waals surface area contributed by atoms with Crippen LogP contribution in [0.1, 0.15) is 13.3 Å². The number of benzene rings is 1. The van der Waals surface area contributed by atoms with Gasteiger partial charge in [-0.2, -0.15) is 0 Å². The van der Waals surface area contributed by atoms with Gasteiger partial charge >= 0.3 is 0 Å². The van der Waals surface area contributed by atoms with Crippen molar-refractivity contribution >= 4 is 34.8 Å². The smallest absolute Gasteiger partial charge is 0.233 e. The van der Waals surface area contributed by atoms with Gasteiger partial charge in [-0.25, -0.2) is 0 Å². The fraction of sp³-hybridized carbons (Fsp3) is 0.417. The SMILES string of the molecule is C[C@@]1(C(=O)Nc2ccc3c(c2)OCO3)CC1(Cl)Cl. The third-order valence-corrected chi connectivity index (χ3v) is 4.49. The van der Waals surface area contributed by atoms with Crippen LogP contribution in [0.15, 0.2) is 18.2 Å². The molecular formula is C12H11Cl2NO3. The summed E-state index contributed by atoms with van der Waals surface area (Å²) in [6.07, 6.45) is 0.458. The summed E-state index contributed by atoms with van der Waals surface area (Å²) in [5.74, 6) is 1.11. The van der Waals surface area contributed by atoms with Gasteiger partial charge in [0.1, 0.15) is 4.33 Å². The van der Waals surface area contributed by atoms with Crippen molar-refractivity contribution in [3.63, 3.8) is 0 Å². The molecule has 1 heterocycles. The van der Waals surface area contributed by atoms with Gasteiger partial charge < -0.3 is 14.8 Å². The molecule has 18 heavy (non-hydrogen) atoms. The molecule has 4 nitrogen and oxygen atoms in total. The molecule has 0 spiro atoms. The van der Waals surface area contributed by atoms with Crippen LogP contribution in [0.4, 0.5) is 5.69 Å². The summed E-state index contributed by atoms with van der Waals surface area (Å²) >= 11 is 11.9. The van der Waals surface area contributed by atoms with Crippen LogP contribution in [0.25, 0.3) is 0 Å². The average molecular weight is 288 g/mol. The number of hydrogen-bond acceptors (Lipinski definition) is 3. The van der Waals surface area contributed by atoms with Crippen LogP contribution in [0.5, 0.6) is 11.5 Å². The molecule has 1 amide bonds. The van der Waals surface area contributed by atoms with E-state index in [2.05, 4.69) is 5.32 Å². The number of anilines is 1. The summed E-state index contributed by atoms with van der Waals surface area (Å²) in [6, 6.07) is 5.22. The zero-order chi connectivity index (χ0) is 13.0. The summed E-state index contributed by atoms with van der Waals surface area (Å²) in [5, 5.41) is 2.79. The number of halogens is 2. The number of nitrogens with one attached hydrogen (secondary N) is 1. The summed E-state index contributed by atoms with van der Waals surface area (Å²) < 4.78 is 9.47. The monoisotopic (exact) mass is 287 g/mol. The van der Waals surface area contributed by atoms with Crippen molar-refractivity contribution in [2.45, 2.75) is 17.7 Å². The first-order valence-corrected chi connectivity index (χ1v) is 6.27. The topological polar surface area (TPSA) is 47.6 Å². The summed E-state index contributed by atoms with van der Waals surface area (Å²) in [5.41, 5.74) is -0.0894. The number of ether oxygens (including phenoxy) is 2.